The van der Waals surface area contributed by atoms with Gasteiger partial charge in [0.15, 0.2) is 5.96 Å². The van der Waals surface area contributed by atoms with Crippen molar-refractivity contribution in [3.8, 4) is 0 Å². The Bertz CT molecular complexity index is 430. The van der Waals surface area contributed by atoms with E-state index in [9.17, 15) is 4.79 Å². The summed E-state index contributed by atoms with van der Waals surface area (Å²) < 4.78 is 0. The van der Waals surface area contributed by atoms with Crippen molar-refractivity contribution in [1.29, 1.82) is 0 Å². The van der Waals surface area contributed by atoms with Crippen LogP contribution in [-0.4, -0.2) is 55.5 Å². The maximum absolute atomic E-state index is 11.5. The molecule has 0 radical (unpaired) electrons. The van der Waals surface area contributed by atoms with Crippen molar-refractivity contribution in [2.24, 2.45) is 4.99 Å². The zero-order chi connectivity index (χ0) is 15.0. The number of aliphatic imine (C=N–C) groups is 1. The fourth-order valence-electron chi connectivity index (χ4n) is 1.44. The normalized spacial score (nSPS) is 12.9. The quantitative estimate of drug-likeness (QED) is 0.604. The van der Waals surface area contributed by atoms with Crippen molar-refractivity contribution in [1.82, 2.24) is 20.5 Å². The number of amides is 1. The van der Waals surface area contributed by atoms with Gasteiger partial charge in [0, 0.05) is 44.7 Å². The predicted octanol–water partition coefficient (Wildman–Crippen LogP) is 0.890. The molecule has 20 heavy (non-hydrogen) atoms. The number of hydrogen-bond acceptors (Lipinski definition) is 4. The summed E-state index contributed by atoms with van der Waals surface area (Å²) in [5.41, 5.74) is 0. The van der Waals surface area contributed by atoms with Gasteiger partial charge in [-0.1, -0.05) is 6.92 Å². The first-order chi connectivity index (χ1) is 9.54. The molecule has 1 heterocycles. The molecule has 0 saturated carbocycles. The summed E-state index contributed by atoms with van der Waals surface area (Å²) >= 11 is 1.65. The topological polar surface area (TPSA) is 69.6 Å². The summed E-state index contributed by atoms with van der Waals surface area (Å²) in [7, 11) is 3.45. The molecule has 0 aliphatic heterocycles. The number of rotatable bonds is 6. The molecule has 0 aliphatic carbocycles. The third-order valence-electron chi connectivity index (χ3n) is 2.66. The Labute approximate surface area is 124 Å². The first-order valence-electron chi connectivity index (χ1n) is 6.66. The number of nitrogens with one attached hydrogen (secondary N) is 2. The van der Waals surface area contributed by atoms with Crippen LogP contribution in [0, 0.1) is 0 Å². The van der Waals surface area contributed by atoms with E-state index >= 15 is 0 Å². The molecule has 7 heteroatoms. The summed E-state index contributed by atoms with van der Waals surface area (Å²) in [6.07, 6.45) is 1.81. The SMILES string of the molecule is CCNC(=NCC(=O)N(C)C)NCC(C)c1nccs1. The van der Waals surface area contributed by atoms with Crippen molar-refractivity contribution in [2.75, 3.05) is 33.7 Å². The maximum Gasteiger partial charge on any atom is 0.243 e. The minimum Gasteiger partial charge on any atom is -0.357 e. The van der Waals surface area contributed by atoms with E-state index in [0.29, 0.717) is 11.9 Å². The molecule has 1 atom stereocenters. The molecule has 1 unspecified atom stereocenters. The summed E-state index contributed by atoms with van der Waals surface area (Å²) in [5.74, 6) is 0.949. The highest BCUT2D eigenvalue weighted by Crippen LogP contribution is 2.16. The van der Waals surface area contributed by atoms with E-state index in [1.54, 1.807) is 25.4 Å². The second kappa shape index (κ2) is 8.52. The Balaban J connectivity index is 2.50. The van der Waals surface area contributed by atoms with Gasteiger partial charge in [0.25, 0.3) is 0 Å². The molecule has 112 valence electrons. The van der Waals surface area contributed by atoms with Crippen molar-refractivity contribution >= 4 is 23.2 Å². The number of carbonyl (C=O) groups excluding carboxylic acids is 1. The van der Waals surface area contributed by atoms with Crippen molar-refractivity contribution in [2.45, 2.75) is 19.8 Å². The number of likely N-dealkylation sites (N-methyl/N-ethyl adjacent to an activating group) is 1. The number of aromatic nitrogens is 1. The van der Waals surface area contributed by atoms with Gasteiger partial charge in [-0.3, -0.25) is 4.79 Å². The van der Waals surface area contributed by atoms with Gasteiger partial charge in [-0.25, -0.2) is 9.98 Å². The summed E-state index contributed by atoms with van der Waals surface area (Å²) in [5, 5.41) is 9.43. The number of nitrogens with zero attached hydrogens (tertiary/aromatic N) is 3. The lowest BCUT2D eigenvalue weighted by Crippen LogP contribution is -2.40. The monoisotopic (exact) mass is 297 g/mol. The Morgan fingerprint density at radius 2 is 2.25 bits per heavy atom. The minimum atomic E-state index is -0.0184. The van der Waals surface area contributed by atoms with Gasteiger partial charge >= 0.3 is 0 Å². The lowest BCUT2D eigenvalue weighted by Gasteiger charge is -2.15. The number of carbonyl (C=O) groups is 1. The molecule has 1 aromatic rings. The van der Waals surface area contributed by atoms with Crippen LogP contribution < -0.4 is 10.6 Å². The minimum absolute atomic E-state index is 0.0184. The van der Waals surface area contributed by atoms with Crippen LogP contribution in [0.3, 0.4) is 0 Å². The molecule has 1 amide bonds. The van der Waals surface area contributed by atoms with Crippen LogP contribution in [0.1, 0.15) is 24.8 Å². The van der Waals surface area contributed by atoms with E-state index in [1.807, 2.05) is 18.5 Å². The van der Waals surface area contributed by atoms with Gasteiger partial charge in [-0.15, -0.1) is 11.3 Å². The Hall–Kier alpha value is -1.63. The van der Waals surface area contributed by atoms with E-state index in [0.717, 1.165) is 18.1 Å². The molecule has 0 aliphatic rings. The Morgan fingerprint density at radius 1 is 1.50 bits per heavy atom. The molecule has 0 aromatic carbocycles. The molecular formula is C13H23N5OS. The van der Waals surface area contributed by atoms with E-state index in [1.165, 1.54) is 4.90 Å². The molecule has 1 rings (SSSR count). The third kappa shape index (κ3) is 5.56. The largest absolute Gasteiger partial charge is 0.357 e. The fourth-order valence-corrected chi connectivity index (χ4v) is 2.14. The first kappa shape index (κ1) is 16.4. The molecule has 2 N–H and O–H groups in total. The van der Waals surface area contributed by atoms with Crippen molar-refractivity contribution < 1.29 is 4.79 Å². The van der Waals surface area contributed by atoms with E-state index in [4.69, 9.17) is 0 Å². The van der Waals surface area contributed by atoms with E-state index < -0.39 is 0 Å². The van der Waals surface area contributed by atoms with Crippen LogP contribution in [-0.2, 0) is 4.79 Å². The number of guanidine groups is 1. The maximum atomic E-state index is 11.5. The summed E-state index contributed by atoms with van der Waals surface area (Å²) in [4.78, 5) is 21.6. The van der Waals surface area contributed by atoms with Crippen molar-refractivity contribution in [3.05, 3.63) is 16.6 Å². The lowest BCUT2D eigenvalue weighted by molar-refractivity contribution is -0.127. The average molecular weight is 297 g/mol. The summed E-state index contributed by atoms with van der Waals surface area (Å²) in [6, 6.07) is 0. The van der Waals surface area contributed by atoms with E-state index in [-0.39, 0.29) is 12.5 Å². The van der Waals surface area contributed by atoms with Gasteiger partial charge in [-0.2, -0.15) is 0 Å². The number of hydrogen-bond donors (Lipinski definition) is 2. The highest BCUT2D eigenvalue weighted by molar-refractivity contribution is 7.09. The van der Waals surface area contributed by atoms with Crippen LogP contribution in [0.4, 0.5) is 0 Å². The molecule has 1 aromatic heterocycles. The van der Waals surface area contributed by atoms with Crippen LogP contribution in [0.15, 0.2) is 16.6 Å². The van der Waals surface area contributed by atoms with Crippen LogP contribution in [0.5, 0.6) is 0 Å². The van der Waals surface area contributed by atoms with Crippen LogP contribution >= 0.6 is 11.3 Å². The standard InChI is InChI=1S/C13H23N5OS/c1-5-14-13(17-9-11(19)18(3)4)16-8-10(2)12-15-6-7-20-12/h6-7,10H,5,8-9H2,1-4H3,(H2,14,16,17). The zero-order valence-corrected chi connectivity index (χ0v) is 13.3. The number of thiazole rings is 1. The smallest absolute Gasteiger partial charge is 0.243 e. The molecule has 6 nitrogen and oxygen atoms in total. The van der Waals surface area contributed by atoms with Crippen LogP contribution in [0.25, 0.3) is 0 Å². The van der Waals surface area contributed by atoms with Gasteiger partial charge in [0.1, 0.15) is 6.54 Å². The second-order valence-electron chi connectivity index (χ2n) is 4.64. The molecule has 0 bridgehead atoms. The van der Waals surface area contributed by atoms with Crippen molar-refractivity contribution in [3.63, 3.8) is 0 Å². The third-order valence-corrected chi connectivity index (χ3v) is 3.67. The molecule has 0 fully saturated rings. The van der Waals surface area contributed by atoms with Gasteiger partial charge < -0.3 is 15.5 Å². The molecule has 0 spiro atoms. The zero-order valence-electron chi connectivity index (χ0n) is 12.5. The molecular weight excluding hydrogens is 274 g/mol. The highest BCUT2D eigenvalue weighted by atomic mass is 32.1. The summed E-state index contributed by atoms with van der Waals surface area (Å²) in [6.45, 7) is 5.74. The lowest BCUT2D eigenvalue weighted by atomic mass is 10.2. The van der Waals surface area contributed by atoms with E-state index in [2.05, 4.69) is 27.5 Å². The second-order valence-corrected chi connectivity index (χ2v) is 5.56. The average Bonchev–Trinajstić information content (AvgIpc) is 2.95. The Kier molecular flexibility index (Phi) is 7.00. The first-order valence-corrected chi connectivity index (χ1v) is 7.54. The van der Waals surface area contributed by atoms with Gasteiger partial charge in [0.05, 0.1) is 5.01 Å². The van der Waals surface area contributed by atoms with Crippen LogP contribution in [0.2, 0.25) is 0 Å². The van der Waals surface area contributed by atoms with Gasteiger partial charge in [0.2, 0.25) is 5.91 Å². The highest BCUT2D eigenvalue weighted by Gasteiger charge is 2.09. The van der Waals surface area contributed by atoms with Gasteiger partial charge in [-0.05, 0) is 6.92 Å². The fraction of sp³-hybridized carbons (Fsp3) is 0.615. The Morgan fingerprint density at radius 3 is 2.80 bits per heavy atom. The molecule has 0 saturated heterocycles. The predicted molar refractivity (Wildman–Crippen MR) is 83.2 cm³/mol.